The van der Waals surface area contributed by atoms with Gasteiger partial charge in [-0.25, -0.2) is 0 Å². The first-order valence-corrected chi connectivity index (χ1v) is 10.7. The Morgan fingerprint density at radius 3 is 2.52 bits per heavy atom. The third-order valence-corrected chi connectivity index (χ3v) is 6.26. The molecular weight excluding hydrogens is 428 g/mol. The molecule has 3 aromatic carbocycles. The van der Waals surface area contributed by atoms with Gasteiger partial charge in [0.1, 0.15) is 0 Å². The Kier molecular flexibility index (Phi) is 4.94. The summed E-state index contributed by atoms with van der Waals surface area (Å²) in [6, 6.07) is 23.2. The van der Waals surface area contributed by atoms with Crippen LogP contribution >= 0.6 is 15.9 Å². The fraction of sp³-hybridized carbons (Fsp3) is 0.250. The summed E-state index contributed by atoms with van der Waals surface area (Å²) in [5.74, 6) is 1.34. The number of ether oxygens (including phenoxy) is 1. The van der Waals surface area contributed by atoms with E-state index in [-0.39, 0.29) is 5.41 Å². The minimum Gasteiger partial charge on any atom is -0.424 e. The lowest BCUT2D eigenvalue weighted by atomic mass is 9.74. The van der Waals surface area contributed by atoms with E-state index in [9.17, 15) is 0 Å². The van der Waals surface area contributed by atoms with Crippen LogP contribution in [0.5, 0.6) is 0 Å². The maximum absolute atomic E-state index is 6.24. The van der Waals surface area contributed by atoms with Gasteiger partial charge in [0.05, 0.1) is 11.8 Å². The predicted octanol–water partition coefficient (Wildman–Crippen LogP) is 5.67. The van der Waals surface area contributed by atoms with E-state index in [1.165, 1.54) is 21.9 Å². The fourth-order valence-corrected chi connectivity index (χ4v) is 4.57. The molecular formula is C24H21BrN2O2. The highest BCUT2D eigenvalue weighted by molar-refractivity contribution is 9.10. The largest absolute Gasteiger partial charge is 0.424 e. The number of benzene rings is 3. The zero-order chi connectivity index (χ0) is 19.7. The molecule has 4 nitrogen and oxygen atoms in total. The Labute approximate surface area is 178 Å². The molecule has 5 heteroatoms. The van der Waals surface area contributed by atoms with Crippen LogP contribution in [-0.4, -0.2) is 23.4 Å². The minimum atomic E-state index is -0.295. The van der Waals surface area contributed by atoms with Gasteiger partial charge >= 0.3 is 0 Å². The topological polar surface area (TPSA) is 48.2 Å². The minimum absolute atomic E-state index is 0.295. The molecule has 4 aromatic rings. The molecule has 0 radical (unpaired) electrons. The van der Waals surface area contributed by atoms with E-state index in [0.29, 0.717) is 31.4 Å². The normalized spacial score (nSPS) is 16.2. The monoisotopic (exact) mass is 448 g/mol. The van der Waals surface area contributed by atoms with Crippen molar-refractivity contribution >= 4 is 26.7 Å². The SMILES string of the molecule is Brc1cccc(C2(c3nnc(Cc4ccc5ccccc5c4)o3)CCOCC2)c1. The summed E-state index contributed by atoms with van der Waals surface area (Å²) >= 11 is 3.60. The van der Waals surface area contributed by atoms with E-state index in [2.05, 4.69) is 86.8 Å². The van der Waals surface area contributed by atoms with Gasteiger partial charge in [-0.3, -0.25) is 0 Å². The van der Waals surface area contributed by atoms with Gasteiger partial charge in [-0.15, -0.1) is 10.2 Å². The number of nitrogens with zero attached hydrogens (tertiary/aromatic N) is 2. The second-order valence-electron chi connectivity index (χ2n) is 7.56. The van der Waals surface area contributed by atoms with Crippen molar-refractivity contribution in [1.82, 2.24) is 10.2 Å². The Morgan fingerprint density at radius 2 is 1.69 bits per heavy atom. The van der Waals surface area contributed by atoms with Gasteiger partial charge in [0.15, 0.2) is 0 Å². The van der Waals surface area contributed by atoms with E-state index in [0.717, 1.165) is 17.3 Å². The third-order valence-electron chi connectivity index (χ3n) is 5.77. The average Bonchev–Trinajstić information content (AvgIpc) is 3.23. The first kappa shape index (κ1) is 18.5. The smallest absolute Gasteiger partial charge is 0.227 e. The molecule has 0 spiro atoms. The molecule has 1 saturated heterocycles. The van der Waals surface area contributed by atoms with Crippen molar-refractivity contribution in [3.05, 3.63) is 94.1 Å². The van der Waals surface area contributed by atoms with Crippen LogP contribution in [0.4, 0.5) is 0 Å². The Balaban J connectivity index is 1.48. The number of aromatic nitrogens is 2. The van der Waals surface area contributed by atoms with Crippen LogP contribution in [0, 0.1) is 0 Å². The van der Waals surface area contributed by atoms with Crippen LogP contribution in [0.25, 0.3) is 10.8 Å². The molecule has 2 heterocycles. The number of rotatable bonds is 4. The Bertz CT molecular complexity index is 1150. The summed E-state index contributed by atoms with van der Waals surface area (Å²) in [5, 5.41) is 11.3. The lowest BCUT2D eigenvalue weighted by Crippen LogP contribution is -2.35. The highest BCUT2D eigenvalue weighted by Crippen LogP contribution is 2.41. The number of hydrogen-bond acceptors (Lipinski definition) is 4. The van der Waals surface area contributed by atoms with Crippen molar-refractivity contribution in [3.8, 4) is 0 Å². The molecule has 0 atom stereocenters. The molecule has 29 heavy (non-hydrogen) atoms. The first-order valence-electron chi connectivity index (χ1n) is 9.87. The molecule has 0 amide bonds. The second-order valence-corrected chi connectivity index (χ2v) is 8.48. The average molecular weight is 449 g/mol. The zero-order valence-electron chi connectivity index (χ0n) is 16.0. The molecule has 1 aliphatic heterocycles. The molecule has 0 bridgehead atoms. The molecule has 5 rings (SSSR count). The van der Waals surface area contributed by atoms with Gasteiger partial charge in [-0.05, 0) is 46.9 Å². The van der Waals surface area contributed by atoms with E-state index < -0.39 is 0 Å². The van der Waals surface area contributed by atoms with Crippen LogP contribution in [0.3, 0.4) is 0 Å². The van der Waals surface area contributed by atoms with Crippen LogP contribution in [0.2, 0.25) is 0 Å². The van der Waals surface area contributed by atoms with Crippen LogP contribution in [0.15, 0.2) is 75.6 Å². The summed E-state index contributed by atoms with van der Waals surface area (Å²) in [6.45, 7) is 1.38. The Morgan fingerprint density at radius 1 is 0.862 bits per heavy atom. The maximum atomic E-state index is 6.24. The van der Waals surface area contributed by atoms with Crippen LogP contribution < -0.4 is 0 Å². The standard InChI is InChI=1S/C24H21BrN2O2/c25-21-7-3-6-20(16-21)24(10-12-28-13-11-24)23-27-26-22(29-23)15-17-8-9-18-4-1-2-5-19(18)14-17/h1-9,14,16H,10-13,15H2. The molecule has 1 fully saturated rings. The van der Waals surface area contributed by atoms with Crippen molar-refractivity contribution in [2.75, 3.05) is 13.2 Å². The van der Waals surface area contributed by atoms with Crippen molar-refractivity contribution in [2.24, 2.45) is 0 Å². The van der Waals surface area contributed by atoms with Gasteiger partial charge in [0, 0.05) is 17.7 Å². The second kappa shape index (κ2) is 7.73. The van der Waals surface area contributed by atoms with E-state index in [4.69, 9.17) is 9.15 Å². The number of hydrogen-bond donors (Lipinski definition) is 0. The number of halogens is 1. The van der Waals surface area contributed by atoms with Crippen molar-refractivity contribution in [1.29, 1.82) is 0 Å². The highest BCUT2D eigenvalue weighted by Gasteiger charge is 2.41. The van der Waals surface area contributed by atoms with Crippen LogP contribution in [-0.2, 0) is 16.6 Å². The van der Waals surface area contributed by atoms with Crippen molar-refractivity contribution in [2.45, 2.75) is 24.7 Å². The van der Waals surface area contributed by atoms with Gasteiger partial charge in [-0.1, -0.05) is 70.5 Å². The third kappa shape index (κ3) is 3.61. The fourth-order valence-electron chi connectivity index (χ4n) is 4.17. The summed E-state index contributed by atoms with van der Waals surface area (Å²) in [7, 11) is 0. The lowest BCUT2D eigenvalue weighted by Gasteiger charge is -2.34. The summed E-state index contributed by atoms with van der Waals surface area (Å²) < 4.78 is 12.9. The van der Waals surface area contributed by atoms with E-state index >= 15 is 0 Å². The van der Waals surface area contributed by atoms with Crippen molar-refractivity contribution < 1.29 is 9.15 Å². The lowest BCUT2D eigenvalue weighted by molar-refractivity contribution is 0.0541. The van der Waals surface area contributed by atoms with E-state index in [1.807, 2.05) is 6.07 Å². The molecule has 0 saturated carbocycles. The maximum Gasteiger partial charge on any atom is 0.227 e. The predicted molar refractivity (Wildman–Crippen MR) is 116 cm³/mol. The summed E-state index contributed by atoms with van der Waals surface area (Å²) in [4.78, 5) is 0. The molecule has 146 valence electrons. The van der Waals surface area contributed by atoms with Gasteiger partial charge in [0.2, 0.25) is 11.8 Å². The van der Waals surface area contributed by atoms with E-state index in [1.54, 1.807) is 0 Å². The quantitative estimate of drug-likeness (QED) is 0.403. The Hall–Kier alpha value is -2.50. The van der Waals surface area contributed by atoms with Gasteiger partial charge in [-0.2, -0.15) is 0 Å². The molecule has 0 unspecified atom stereocenters. The summed E-state index contributed by atoms with van der Waals surface area (Å²) in [6.07, 6.45) is 2.30. The first-order chi connectivity index (χ1) is 14.2. The molecule has 1 aliphatic rings. The number of fused-ring (bicyclic) bond motifs is 1. The highest BCUT2D eigenvalue weighted by atomic mass is 79.9. The van der Waals surface area contributed by atoms with Crippen LogP contribution in [0.1, 0.15) is 35.7 Å². The molecule has 1 aromatic heterocycles. The van der Waals surface area contributed by atoms with Gasteiger partial charge in [0.25, 0.3) is 0 Å². The zero-order valence-corrected chi connectivity index (χ0v) is 17.6. The van der Waals surface area contributed by atoms with Crippen molar-refractivity contribution in [3.63, 3.8) is 0 Å². The summed E-state index contributed by atoms with van der Waals surface area (Å²) in [5.41, 5.74) is 2.06. The molecule has 0 N–H and O–H groups in total. The van der Waals surface area contributed by atoms with Gasteiger partial charge < -0.3 is 9.15 Å². The molecule has 0 aliphatic carbocycles.